The zero-order valence-electron chi connectivity index (χ0n) is 13.3. The number of anilines is 1. The quantitative estimate of drug-likeness (QED) is 0.550. The summed E-state index contributed by atoms with van der Waals surface area (Å²) in [4.78, 5) is 2.32. The van der Waals surface area contributed by atoms with Gasteiger partial charge in [0.2, 0.25) is 11.9 Å². The maximum absolute atomic E-state index is 5.77. The van der Waals surface area contributed by atoms with Crippen molar-refractivity contribution in [2.24, 2.45) is 0 Å². The Morgan fingerprint density at radius 1 is 1.17 bits per heavy atom. The molecule has 1 fully saturated rings. The SMILES string of the molecule is c1cc2c(cc1OCCCSc1nnc(N3CCCC3)s1)OCO2. The van der Waals surface area contributed by atoms with Crippen molar-refractivity contribution in [3.8, 4) is 17.2 Å². The minimum absolute atomic E-state index is 0.288. The van der Waals surface area contributed by atoms with Gasteiger partial charge in [-0.1, -0.05) is 23.1 Å². The molecular formula is C16H19N3O3S2. The van der Waals surface area contributed by atoms with Gasteiger partial charge in [-0.2, -0.15) is 0 Å². The Kier molecular flexibility index (Phi) is 4.94. The highest BCUT2D eigenvalue weighted by atomic mass is 32.2. The molecule has 1 aromatic heterocycles. The Balaban J connectivity index is 1.18. The molecule has 0 amide bonds. The lowest BCUT2D eigenvalue weighted by atomic mass is 10.3. The number of fused-ring (bicyclic) bond motifs is 1. The zero-order chi connectivity index (χ0) is 16.2. The van der Waals surface area contributed by atoms with Gasteiger partial charge in [0.05, 0.1) is 6.61 Å². The lowest BCUT2D eigenvalue weighted by molar-refractivity contribution is 0.173. The van der Waals surface area contributed by atoms with Crippen LogP contribution >= 0.6 is 23.1 Å². The fourth-order valence-corrected chi connectivity index (χ4v) is 4.55. The molecule has 1 saturated heterocycles. The van der Waals surface area contributed by atoms with Crippen molar-refractivity contribution in [1.82, 2.24) is 10.2 Å². The Hall–Kier alpha value is -1.67. The number of nitrogens with zero attached hydrogens (tertiary/aromatic N) is 3. The lowest BCUT2D eigenvalue weighted by Gasteiger charge is -2.10. The van der Waals surface area contributed by atoms with Crippen molar-refractivity contribution in [2.45, 2.75) is 23.6 Å². The molecule has 6 nitrogen and oxygen atoms in total. The number of thioether (sulfide) groups is 1. The second-order valence-corrected chi connectivity index (χ2v) is 7.91. The predicted octanol–water partition coefficient (Wildman–Crippen LogP) is 3.43. The summed E-state index contributed by atoms with van der Waals surface area (Å²) in [6.45, 7) is 3.19. The summed E-state index contributed by atoms with van der Waals surface area (Å²) < 4.78 is 17.4. The van der Waals surface area contributed by atoms with Gasteiger partial charge in [0.25, 0.3) is 0 Å². The average Bonchev–Trinajstić information content (AvgIpc) is 3.34. The van der Waals surface area contributed by atoms with E-state index in [1.165, 1.54) is 12.8 Å². The minimum Gasteiger partial charge on any atom is -0.493 e. The van der Waals surface area contributed by atoms with Crippen LogP contribution in [-0.2, 0) is 0 Å². The molecule has 0 N–H and O–H groups in total. The van der Waals surface area contributed by atoms with Crippen LogP contribution in [0.15, 0.2) is 22.5 Å². The molecule has 2 aliphatic rings. The molecule has 4 rings (SSSR count). The fraction of sp³-hybridized carbons (Fsp3) is 0.500. The third-order valence-corrected chi connectivity index (χ3v) is 6.10. The van der Waals surface area contributed by atoms with E-state index >= 15 is 0 Å². The number of hydrogen-bond donors (Lipinski definition) is 0. The van der Waals surface area contributed by atoms with Crippen LogP contribution in [0.5, 0.6) is 17.2 Å². The van der Waals surface area contributed by atoms with Crippen molar-refractivity contribution in [2.75, 3.05) is 37.1 Å². The number of aromatic nitrogens is 2. The van der Waals surface area contributed by atoms with Gasteiger partial charge < -0.3 is 19.1 Å². The predicted molar refractivity (Wildman–Crippen MR) is 94.8 cm³/mol. The highest BCUT2D eigenvalue weighted by Gasteiger charge is 2.17. The van der Waals surface area contributed by atoms with Crippen molar-refractivity contribution >= 4 is 28.2 Å². The van der Waals surface area contributed by atoms with Gasteiger partial charge in [-0.3, -0.25) is 0 Å². The largest absolute Gasteiger partial charge is 0.493 e. The molecule has 0 atom stereocenters. The highest BCUT2D eigenvalue weighted by molar-refractivity contribution is 8.01. The Morgan fingerprint density at radius 2 is 2.04 bits per heavy atom. The highest BCUT2D eigenvalue weighted by Crippen LogP contribution is 2.35. The van der Waals surface area contributed by atoms with Crippen LogP contribution in [0.2, 0.25) is 0 Å². The number of rotatable bonds is 7. The molecule has 8 heteroatoms. The zero-order valence-corrected chi connectivity index (χ0v) is 14.9. The van der Waals surface area contributed by atoms with E-state index in [-0.39, 0.29) is 6.79 Å². The van der Waals surface area contributed by atoms with Gasteiger partial charge in [-0.25, -0.2) is 0 Å². The first kappa shape index (κ1) is 15.8. The van der Waals surface area contributed by atoms with E-state index in [1.54, 1.807) is 23.1 Å². The summed E-state index contributed by atoms with van der Waals surface area (Å²) >= 11 is 3.44. The van der Waals surface area contributed by atoms with Gasteiger partial charge in [0, 0.05) is 24.9 Å². The van der Waals surface area contributed by atoms with Crippen molar-refractivity contribution in [3.05, 3.63) is 18.2 Å². The van der Waals surface area contributed by atoms with Crippen LogP contribution in [0, 0.1) is 0 Å². The van der Waals surface area contributed by atoms with Gasteiger partial charge >= 0.3 is 0 Å². The van der Waals surface area contributed by atoms with Crippen molar-refractivity contribution in [3.63, 3.8) is 0 Å². The van der Waals surface area contributed by atoms with Crippen LogP contribution in [0.4, 0.5) is 5.13 Å². The summed E-state index contributed by atoms with van der Waals surface area (Å²) in [5.74, 6) is 3.32. The molecule has 128 valence electrons. The molecule has 2 aliphatic heterocycles. The molecule has 3 heterocycles. The summed E-state index contributed by atoms with van der Waals surface area (Å²) in [6, 6.07) is 5.67. The molecule has 0 spiro atoms. The molecular weight excluding hydrogens is 346 g/mol. The normalized spacial score (nSPS) is 15.9. The monoisotopic (exact) mass is 365 g/mol. The number of benzene rings is 1. The number of hydrogen-bond acceptors (Lipinski definition) is 8. The van der Waals surface area contributed by atoms with E-state index in [0.717, 1.165) is 52.0 Å². The smallest absolute Gasteiger partial charge is 0.231 e. The number of ether oxygens (including phenoxy) is 3. The fourth-order valence-electron chi connectivity index (χ4n) is 2.67. The summed E-state index contributed by atoms with van der Waals surface area (Å²) in [5, 5.41) is 9.63. The van der Waals surface area contributed by atoms with Gasteiger partial charge in [-0.05, 0) is 31.4 Å². The molecule has 2 aromatic rings. The Morgan fingerprint density at radius 3 is 2.96 bits per heavy atom. The first-order chi connectivity index (χ1) is 11.9. The van der Waals surface area contributed by atoms with Crippen molar-refractivity contribution < 1.29 is 14.2 Å². The van der Waals surface area contributed by atoms with E-state index in [0.29, 0.717) is 6.61 Å². The van der Waals surface area contributed by atoms with Gasteiger partial charge in [0.1, 0.15) is 5.75 Å². The molecule has 1 aromatic carbocycles. The van der Waals surface area contributed by atoms with Crippen LogP contribution in [0.25, 0.3) is 0 Å². The first-order valence-corrected chi connectivity index (χ1v) is 9.92. The maximum atomic E-state index is 5.77. The summed E-state index contributed by atoms with van der Waals surface area (Å²) in [5.41, 5.74) is 0. The Bertz CT molecular complexity index is 689. The summed E-state index contributed by atoms with van der Waals surface area (Å²) in [6.07, 6.45) is 3.48. The molecule has 0 saturated carbocycles. The second kappa shape index (κ2) is 7.48. The standard InChI is InChI=1S/C16H19N3O3S2/c1-2-7-19(6-1)15-17-18-16(24-15)23-9-3-8-20-12-4-5-13-14(10-12)22-11-21-13/h4-5,10H,1-3,6-9,11H2. The second-order valence-electron chi connectivity index (χ2n) is 5.61. The third kappa shape index (κ3) is 3.70. The van der Waals surface area contributed by atoms with Crippen LogP contribution < -0.4 is 19.1 Å². The van der Waals surface area contributed by atoms with E-state index in [2.05, 4.69) is 15.1 Å². The molecule has 0 bridgehead atoms. The van der Waals surface area contributed by atoms with Crippen molar-refractivity contribution in [1.29, 1.82) is 0 Å². The lowest BCUT2D eigenvalue weighted by Crippen LogP contribution is -2.17. The maximum Gasteiger partial charge on any atom is 0.231 e. The average molecular weight is 365 g/mol. The first-order valence-electron chi connectivity index (χ1n) is 8.12. The van der Waals surface area contributed by atoms with Crippen LogP contribution in [0.1, 0.15) is 19.3 Å². The van der Waals surface area contributed by atoms with Gasteiger partial charge in [-0.15, -0.1) is 10.2 Å². The van der Waals surface area contributed by atoms with E-state index in [4.69, 9.17) is 14.2 Å². The molecule has 24 heavy (non-hydrogen) atoms. The molecule has 0 unspecified atom stereocenters. The molecule has 0 aliphatic carbocycles. The third-order valence-electron chi connectivity index (χ3n) is 3.90. The minimum atomic E-state index is 0.288. The van der Waals surface area contributed by atoms with Crippen LogP contribution in [0.3, 0.4) is 0 Å². The molecule has 0 radical (unpaired) electrons. The Labute approximate surface area is 149 Å². The van der Waals surface area contributed by atoms with E-state index in [1.807, 2.05) is 18.2 Å². The topological polar surface area (TPSA) is 56.7 Å². The van der Waals surface area contributed by atoms with E-state index < -0.39 is 0 Å². The van der Waals surface area contributed by atoms with E-state index in [9.17, 15) is 0 Å². The summed E-state index contributed by atoms with van der Waals surface area (Å²) in [7, 11) is 0. The van der Waals surface area contributed by atoms with Crippen LogP contribution in [-0.4, -0.2) is 42.4 Å². The van der Waals surface area contributed by atoms with Gasteiger partial charge in [0.15, 0.2) is 15.8 Å².